The Balaban J connectivity index is 1.73. The Labute approximate surface area is 153 Å². The molecule has 0 aliphatic carbocycles. The predicted octanol–water partition coefficient (Wildman–Crippen LogP) is 2.27. The number of methoxy groups -OCH3 is 1. The average molecular weight is 356 g/mol. The van der Waals surface area contributed by atoms with E-state index in [1.54, 1.807) is 26.3 Å². The summed E-state index contributed by atoms with van der Waals surface area (Å²) in [7, 11) is 3.29. The van der Waals surface area contributed by atoms with E-state index in [0.29, 0.717) is 24.5 Å². The molecule has 138 valence electrons. The first kappa shape index (κ1) is 19.3. The number of nitrogens with zero attached hydrogens (tertiary/aromatic N) is 1. The molecule has 0 atom stereocenters. The lowest BCUT2D eigenvalue weighted by Crippen LogP contribution is -2.39. The van der Waals surface area contributed by atoms with Gasteiger partial charge in [-0.25, -0.2) is 0 Å². The quantitative estimate of drug-likeness (QED) is 0.788. The molecule has 0 aromatic heterocycles. The summed E-state index contributed by atoms with van der Waals surface area (Å²) in [4.78, 5) is 25.8. The minimum atomic E-state index is -0.251. The standard InChI is InChI=1S/C20H24N2O4/c1-15-6-4-5-7-18(15)20(24)21-14-19(23)22(2)12-13-26-17-10-8-16(25-3)9-11-17/h4-11H,12-14H2,1-3H3,(H,21,24). The monoisotopic (exact) mass is 356 g/mol. The average Bonchev–Trinajstić information content (AvgIpc) is 2.66. The van der Waals surface area contributed by atoms with E-state index in [0.717, 1.165) is 11.3 Å². The van der Waals surface area contributed by atoms with Crippen molar-refractivity contribution in [2.45, 2.75) is 6.92 Å². The molecule has 0 saturated heterocycles. The summed E-state index contributed by atoms with van der Waals surface area (Å²) in [5.41, 5.74) is 1.45. The highest BCUT2D eigenvalue weighted by atomic mass is 16.5. The molecule has 0 saturated carbocycles. The molecule has 2 amide bonds. The van der Waals surface area contributed by atoms with Crippen LogP contribution in [0.1, 0.15) is 15.9 Å². The summed E-state index contributed by atoms with van der Waals surface area (Å²) in [5.74, 6) is 1.04. The van der Waals surface area contributed by atoms with E-state index in [1.165, 1.54) is 4.90 Å². The van der Waals surface area contributed by atoms with Gasteiger partial charge in [-0.05, 0) is 42.8 Å². The van der Waals surface area contributed by atoms with Crippen molar-refractivity contribution in [2.75, 3.05) is 33.9 Å². The first-order chi connectivity index (χ1) is 12.5. The summed E-state index contributed by atoms with van der Waals surface area (Å²) in [6, 6.07) is 14.5. The van der Waals surface area contributed by atoms with Crippen LogP contribution in [-0.2, 0) is 4.79 Å². The van der Waals surface area contributed by atoms with Crippen molar-refractivity contribution in [3.8, 4) is 11.5 Å². The number of nitrogens with one attached hydrogen (secondary N) is 1. The molecule has 2 aromatic carbocycles. The Kier molecular flexibility index (Phi) is 7.02. The van der Waals surface area contributed by atoms with Gasteiger partial charge in [0.25, 0.3) is 5.91 Å². The second-order valence-corrected chi connectivity index (χ2v) is 5.84. The number of hydrogen-bond acceptors (Lipinski definition) is 4. The number of hydrogen-bond donors (Lipinski definition) is 1. The van der Waals surface area contributed by atoms with Gasteiger partial charge in [0.1, 0.15) is 18.1 Å². The number of likely N-dealkylation sites (N-methyl/N-ethyl adjacent to an activating group) is 1. The maximum absolute atomic E-state index is 12.1. The van der Waals surface area contributed by atoms with Crippen LogP contribution in [0.2, 0.25) is 0 Å². The molecular weight excluding hydrogens is 332 g/mol. The van der Waals surface area contributed by atoms with Gasteiger partial charge in [0.05, 0.1) is 20.2 Å². The predicted molar refractivity (Wildman–Crippen MR) is 99.6 cm³/mol. The van der Waals surface area contributed by atoms with Gasteiger partial charge >= 0.3 is 0 Å². The summed E-state index contributed by atoms with van der Waals surface area (Å²) in [6.45, 7) is 2.59. The molecule has 0 radical (unpaired) electrons. The highest BCUT2D eigenvalue weighted by Crippen LogP contribution is 2.16. The molecule has 2 aromatic rings. The van der Waals surface area contributed by atoms with Crippen LogP contribution >= 0.6 is 0 Å². The number of aryl methyl sites for hydroxylation is 1. The second-order valence-electron chi connectivity index (χ2n) is 5.84. The third-order valence-electron chi connectivity index (χ3n) is 3.97. The zero-order chi connectivity index (χ0) is 18.9. The Bertz CT molecular complexity index is 744. The summed E-state index contributed by atoms with van der Waals surface area (Å²) >= 11 is 0. The van der Waals surface area contributed by atoms with Crippen LogP contribution in [0.5, 0.6) is 11.5 Å². The zero-order valence-electron chi connectivity index (χ0n) is 15.3. The summed E-state index contributed by atoms with van der Waals surface area (Å²) in [5, 5.41) is 2.66. The minimum absolute atomic E-state index is 0.0494. The number of carbonyl (C=O) groups is 2. The van der Waals surface area contributed by atoms with E-state index in [4.69, 9.17) is 9.47 Å². The fourth-order valence-electron chi connectivity index (χ4n) is 2.31. The third kappa shape index (κ3) is 5.51. The normalized spacial score (nSPS) is 10.1. The lowest BCUT2D eigenvalue weighted by atomic mass is 10.1. The van der Waals surface area contributed by atoms with Gasteiger partial charge in [-0.1, -0.05) is 18.2 Å². The van der Waals surface area contributed by atoms with E-state index in [2.05, 4.69) is 5.32 Å². The number of ether oxygens (including phenoxy) is 2. The van der Waals surface area contributed by atoms with Gasteiger partial charge in [0.2, 0.25) is 5.91 Å². The first-order valence-electron chi connectivity index (χ1n) is 8.36. The molecule has 2 rings (SSSR count). The van der Waals surface area contributed by atoms with Gasteiger partial charge in [-0.2, -0.15) is 0 Å². The molecule has 6 heteroatoms. The molecule has 0 bridgehead atoms. The van der Waals surface area contributed by atoms with Crippen LogP contribution in [0, 0.1) is 6.92 Å². The van der Waals surface area contributed by atoms with Crippen LogP contribution in [0.4, 0.5) is 0 Å². The highest BCUT2D eigenvalue weighted by Gasteiger charge is 2.13. The van der Waals surface area contributed by atoms with Crippen molar-refractivity contribution >= 4 is 11.8 Å². The van der Waals surface area contributed by atoms with Crippen LogP contribution < -0.4 is 14.8 Å². The van der Waals surface area contributed by atoms with Crippen molar-refractivity contribution in [1.82, 2.24) is 10.2 Å². The Hall–Kier alpha value is -3.02. The van der Waals surface area contributed by atoms with Gasteiger partial charge < -0.3 is 19.7 Å². The lowest BCUT2D eigenvalue weighted by molar-refractivity contribution is -0.129. The smallest absolute Gasteiger partial charge is 0.251 e. The number of carbonyl (C=O) groups excluding carboxylic acids is 2. The largest absolute Gasteiger partial charge is 0.497 e. The van der Waals surface area contributed by atoms with Crippen LogP contribution in [-0.4, -0.2) is 50.6 Å². The summed E-state index contributed by atoms with van der Waals surface area (Å²) in [6.07, 6.45) is 0. The molecule has 0 unspecified atom stereocenters. The molecule has 0 aliphatic rings. The molecular formula is C20H24N2O4. The molecule has 0 spiro atoms. The molecule has 0 heterocycles. The van der Waals surface area contributed by atoms with E-state index in [1.807, 2.05) is 43.3 Å². The Morgan fingerprint density at radius 3 is 2.35 bits per heavy atom. The van der Waals surface area contributed by atoms with Crippen molar-refractivity contribution in [2.24, 2.45) is 0 Å². The second kappa shape index (κ2) is 9.46. The van der Waals surface area contributed by atoms with Crippen molar-refractivity contribution in [3.05, 3.63) is 59.7 Å². The topological polar surface area (TPSA) is 67.9 Å². The maximum atomic E-state index is 12.1. The Morgan fingerprint density at radius 2 is 1.69 bits per heavy atom. The van der Waals surface area contributed by atoms with E-state index >= 15 is 0 Å². The van der Waals surface area contributed by atoms with Crippen molar-refractivity contribution in [3.63, 3.8) is 0 Å². The Morgan fingerprint density at radius 1 is 1.04 bits per heavy atom. The van der Waals surface area contributed by atoms with E-state index in [-0.39, 0.29) is 18.4 Å². The lowest BCUT2D eigenvalue weighted by Gasteiger charge is -2.18. The maximum Gasteiger partial charge on any atom is 0.251 e. The highest BCUT2D eigenvalue weighted by molar-refractivity contribution is 5.97. The van der Waals surface area contributed by atoms with Crippen molar-refractivity contribution in [1.29, 1.82) is 0 Å². The molecule has 1 N–H and O–H groups in total. The number of benzene rings is 2. The van der Waals surface area contributed by atoms with Gasteiger partial charge in [0.15, 0.2) is 0 Å². The van der Waals surface area contributed by atoms with Crippen LogP contribution in [0.15, 0.2) is 48.5 Å². The van der Waals surface area contributed by atoms with Crippen LogP contribution in [0.25, 0.3) is 0 Å². The molecule has 26 heavy (non-hydrogen) atoms. The van der Waals surface area contributed by atoms with E-state index in [9.17, 15) is 9.59 Å². The van der Waals surface area contributed by atoms with Crippen LogP contribution in [0.3, 0.4) is 0 Å². The number of amides is 2. The van der Waals surface area contributed by atoms with Gasteiger partial charge in [-0.3, -0.25) is 9.59 Å². The minimum Gasteiger partial charge on any atom is -0.497 e. The number of rotatable bonds is 8. The fourth-order valence-corrected chi connectivity index (χ4v) is 2.31. The SMILES string of the molecule is COc1ccc(OCCN(C)C(=O)CNC(=O)c2ccccc2C)cc1. The molecule has 6 nitrogen and oxygen atoms in total. The zero-order valence-corrected chi connectivity index (χ0v) is 15.3. The fraction of sp³-hybridized carbons (Fsp3) is 0.300. The third-order valence-corrected chi connectivity index (χ3v) is 3.97. The van der Waals surface area contributed by atoms with Crippen molar-refractivity contribution < 1.29 is 19.1 Å². The first-order valence-corrected chi connectivity index (χ1v) is 8.36. The van der Waals surface area contributed by atoms with Gasteiger partial charge in [-0.15, -0.1) is 0 Å². The van der Waals surface area contributed by atoms with E-state index < -0.39 is 0 Å². The van der Waals surface area contributed by atoms with Gasteiger partial charge in [0, 0.05) is 12.6 Å². The summed E-state index contributed by atoms with van der Waals surface area (Å²) < 4.78 is 10.7. The molecule has 0 aliphatic heterocycles. The molecule has 0 fully saturated rings.